The molecule has 6 nitrogen and oxygen atoms in total. The average molecular weight is 403 g/mol. The lowest BCUT2D eigenvalue weighted by Crippen LogP contribution is -2.22. The molecule has 0 fully saturated rings. The summed E-state index contributed by atoms with van der Waals surface area (Å²) in [5, 5.41) is 3.15. The molecule has 0 saturated heterocycles. The highest BCUT2D eigenvalue weighted by atomic mass is 35.5. The van der Waals surface area contributed by atoms with Crippen molar-refractivity contribution in [1.82, 2.24) is 4.72 Å². The van der Waals surface area contributed by atoms with Crippen LogP contribution in [0.2, 0.25) is 10.0 Å². The number of hydrogen-bond donors (Lipinski definition) is 2. The second kappa shape index (κ2) is 8.05. The van der Waals surface area contributed by atoms with Gasteiger partial charge < -0.3 is 10.1 Å². The van der Waals surface area contributed by atoms with Gasteiger partial charge in [-0.15, -0.1) is 0 Å². The van der Waals surface area contributed by atoms with E-state index in [4.69, 9.17) is 27.9 Å². The van der Waals surface area contributed by atoms with Gasteiger partial charge in [0.25, 0.3) is 5.91 Å². The minimum absolute atomic E-state index is 0.0860. The smallest absolute Gasteiger partial charge is 0.262 e. The first-order valence-electron chi connectivity index (χ1n) is 7.15. The van der Waals surface area contributed by atoms with Gasteiger partial charge in [-0.2, -0.15) is 0 Å². The molecule has 2 aromatic carbocycles. The number of hydrogen-bond acceptors (Lipinski definition) is 4. The van der Waals surface area contributed by atoms with E-state index in [-0.39, 0.29) is 27.3 Å². The normalized spacial score (nSPS) is 11.2. The van der Waals surface area contributed by atoms with Gasteiger partial charge in [0, 0.05) is 5.69 Å². The predicted octanol–water partition coefficient (Wildman–Crippen LogP) is 3.23. The van der Waals surface area contributed by atoms with Gasteiger partial charge >= 0.3 is 0 Å². The number of carbonyl (C=O) groups is 1. The van der Waals surface area contributed by atoms with E-state index in [2.05, 4.69) is 10.0 Å². The van der Waals surface area contributed by atoms with Crippen LogP contribution in [0, 0.1) is 6.92 Å². The Morgan fingerprint density at radius 2 is 1.80 bits per heavy atom. The van der Waals surface area contributed by atoms with Crippen LogP contribution in [-0.2, 0) is 14.8 Å². The second-order valence-corrected chi connectivity index (χ2v) is 7.74. The molecule has 0 saturated carbocycles. The summed E-state index contributed by atoms with van der Waals surface area (Å²) in [6.07, 6.45) is 0. The number of ether oxygens (including phenoxy) is 1. The van der Waals surface area contributed by atoms with Gasteiger partial charge in [0.05, 0.1) is 14.9 Å². The second-order valence-electron chi connectivity index (χ2n) is 5.08. The number of amides is 1. The monoisotopic (exact) mass is 402 g/mol. The standard InChI is InChI=1S/C16H16Cl2N2O4S/c1-10-6-7-11(8-14(10)25(22,23)19-2)20-15(21)9-24-16-12(17)4-3-5-13(16)18/h3-8,19H,9H2,1-2H3,(H,20,21). The average Bonchev–Trinajstić information content (AvgIpc) is 2.56. The maximum atomic E-state index is 12.0. The Balaban J connectivity index is 2.10. The molecule has 0 aliphatic heterocycles. The van der Waals surface area contributed by atoms with Crippen LogP contribution in [0.3, 0.4) is 0 Å². The molecule has 2 rings (SSSR count). The summed E-state index contributed by atoms with van der Waals surface area (Å²) in [6.45, 7) is 1.34. The number of nitrogens with one attached hydrogen (secondary N) is 2. The summed E-state index contributed by atoms with van der Waals surface area (Å²) in [7, 11) is -2.30. The van der Waals surface area contributed by atoms with Crippen molar-refractivity contribution in [2.45, 2.75) is 11.8 Å². The van der Waals surface area contributed by atoms with Crippen molar-refractivity contribution in [3.8, 4) is 5.75 Å². The van der Waals surface area contributed by atoms with Gasteiger partial charge in [-0.3, -0.25) is 4.79 Å². The third-order valence-electron chi connectivity index (χ3n) is 3.30. The Hall–Kier alpha value is -1.80. The fourth-order valence-corrected chi connectivity index (χ4v) is 3.53. The molecule has 2 aromatic rings. The summed E-state index contributed by atoms with van der Waals surface area (Å²) >= 11 is 11.9. The number of rotatable bonds is 6. The van der Waals surface area contributed by atoms with Gasteiger partial charge in [0.2, 0.25) is 10.0 Å². The number of sulfonamides is 1. The van der Waals surface area contributed by atoms with Crippen molar-refractivity contribution in [2.24, 2.45) is 0 Å². The van der Waals surface area contributed by atoms with E-state index in [0.29, 0.717) is 11.3 Å². The molecule has 1 amide bonds. The SMILES string of the molecule is CNS(=O)(=O)c1cc(NC(=O)COc2c(Cl)cccc2Cl)ccc1C. The molecule has 2 N–H and O–H groups in total. The zero-order valence-corrected chi connectivity index (χ0v) is 15.8. The molecular formula is C16H16Cl2N2O4S. The van der Waals surface area contributed by atoms with Gasteiger partial charge in [-0.1, -0.05) is 35.3 Å². The van der Waals surface area contributed by atoms with Crippen LogP contribution >= 0.6 is 23.2 Å². The summed E-state index contributed by atoms with van der Waals surface area (Å²) in [5.41, 5.74) is 0.893. The topological polar surface area (TPSA) is 84.5 Å². The molecule has 0 spiro atoms. The summed E-state index contributed by atoms with van der Waals surface area (Å²) < 4.78 is 31.5. The van der Waals surface area contributed by atoms with Crippen molar-refractivity contribution >= 4 is 44.8 Å². The summed E-state index contributed by atoms with van der Waals surface area (Å²) in [5.74, 6) is -0.268. The molecule has 0 bridgehead atoms. The first-order valence-corrected chi connectivity index (χ1v) is 9.39. The quantitative estimate of drug-likeness (QED) is 0.776. The highest BCUT2D eigenvalue weighted by Gasteiger charge is 2.16. The number of carbonyl (C=O) groups excluding carboxylic acids is 1. The third kappa shape index (κ3) is 4.85. The van der Waals surface area contributed by atoms with Gasteiger partial charge in [-0.05, 0) is 43.8 Å². The summed E-state index contributed by atoms with van der Waals surface area (Å²) in [6, 6.07) is 9.43. The van der Waals surface area contributed by atoms with Crippen molar-refractivity contribution in [1.29, 1.82) is 0 Å². The first-order chi connectivity index (χ1) is 11.7. The van der Waals surface area contributed by atoms with Gasteiger partial charge in [-0.25, -0.2) is 13.1 Å². The molecule has 0 atom stereocenters. The van der Waals surface area contributed by atoms with Crippen LogP contribution in [0.15, 0.2) is 41.3 Å². The van der Waals surface area contributed by atoms with Crippen LogP contribution in [0.25, 0.3) is 0 Å². The molecule has 0 aliphatic carbocycles. The Bertz CT molecular complexity index is 881. The summed E-state index contributed by atoms with van der Waals surface area (Å²) in [4.78, 5) is 12.1. The van der Waals surface area contributed by atoms with Crippen LogP contribution < -0.4 is 14.8 Å². The predicted molar refractivity (Wildman–Crippen MR) is 98.0 cm³/mol. The number of aryl methyl sites for hydroxylation is 1. The highest BCUT2D eigenvalue weighted by Crippen LogP contribution is 2.32. The highest BCUT2D eigenvalue weighted by molar-refractivity contribution is 7.89. The lowest BCUT2D eigenvalue weighted by atomic mass is 10.2. The van der Waals surface area contributed by atoms with E-state index in [1.54, 1.807) is 37.3 Å². The molecule has 0 aromatic heterocycles. The number of anilines is 1. The van der Waals surface area contributed by atoms with Gasteiger partial charge in [0.1, 0.15) is 0 Å². The first kappa shape index (κ1) is 19.5. The molecular weight excluding hydrogens is 387 g/mol. The largest absolute Gasteiger partial charge is 0.481 e. The fraction of sp³-hybridized carbons (Fsp3) is 0.188. The molecule has 0 unspecified atom stereocenters. The van der Waals surface area contributed by atoms with Crippen LogP contribution in [0.1, 0.15) is 5.56 Å². The minimum Gasteiger partial charge on any atom is -0.481 e. The van der Waals surface area contributed by atoms with Crippen LogP contribution in [-0.4, -0.2) is 28.0 Å². The maximum absolute atomic E-state index is 12.0. The van der Waals surface area contributed by atoms with E-state index in [1.165, 1.54) is 13.1 Å². The Morgan fingerprint density at radius 3 is 2.40 bits per heavy atom. The molecule has 25 heavy (non-hydrogen) atoms. The molecule has 0 aliphatic rings. The molecule has 0 radical (unpaired) electrons. The van der Waals surface area contributed by atoms with Gasteiger partial charge in [0.15, 0.2) is 12.4 Å². The fourth-order valence-electron chi connectivity index (χ4n) is 2.03. The Morgan fingerprint density at radius 1 is 1.16 bits per heavy atom. The minimum atomic E-state index is -3.62. The van der Waals surface area contributed by atoms with Crippen molar-refractivity contribution in [3.05, 3.63) is 52.0 Å². The molecule has 0 heterocycles. The van der Waals surface area contributed by atoms with E-state index in [0.717, 1.165) is 0 Å². The van der Waals surface area contributed by atoms with Crippen molar-refractivity contribution < 1.29 is 17.9 Å². The van der Waals surface area contributed by atoms with Crippen molar-refractivity contribution in [3.63, 3.8) is 0 Å². The van der Waals surface area contributed by atoms with E-state index < -0.39 is 15.9 Å². The van der Waals surface area contributed by atoms with Crippen LogP contribution in [0.4, 0.5) is 5.69 Å². The number of para-hydroxylation sites is 1. The third-order valence-corrected chi connectivity index (χ3v) is 5.45. The zero-order valence-electron chi connectivity index (χ0n) is 13.5. The maximum Gasteiger partial charge on any atom is 0.262 e. The van der Waals surface area contributed by atoms with E-state index >= 15 is 0 Å². The van der Waals surface area contributed by atoms with Crippen molar-refractivity contribution in [2.75, 3.05) is 19.0 Å². The zero-order chi connectivity index (χ0) is 18.6. The Kier molecular flexibility index (Phi) is 6.29. The van der Waals surface area contributed by atoms with E-state index in [1.807, 2.05) is 0 Å². The number of benzene rings is 2. The lowest BCUT2D eigenvalue weighted by Gasteiger charge is -2.12. The van der Waals surface area contributed by atoms with E-state index in [9.17, 15) is 13.2 Å². The van der Waals surface area contributed by atoms with Crippen LogP contribution in [0.5, 0.6) is 5.75 Å². The molecule has 134 valence electrons. The number of halogens is 2. The Labute approximate surface area is 156 Å². The lowest BCUT2D eigenvalue weighted by molar-refractivity contribution is -0.118. The molecule has 9 heteroatoms.